The first kappa shape index (κ1) is 26.6. The molecular weight excluding hydrogens is 343 g/mol. The fourth-order valence-electron chi connectivity index (χ4n) is 0.625. The average Bonchev–Trinajstić information content (AvgIpc) is 2.40. The summed E-state index contributed by atoms with van der Waals surface area (Å²) in [4.78, 5) is 10.5. The van der Waals surface area contributed by atoms with Crippen LogP contribution in [0, 0.1) is 6.92 Å². The van der Waals surface area contributed by atoms with Gasteiger partial charge in [0, 0.05) is 31.9 Å². The summed E-state index contributed by atoms with van der Waals surface area (Å²) in [6, 6.07) is 0. The molecule has 0 atom stereocenters. The summed E-state index contributed by atoms with van der Waals surface area (Å²) in [5.74, 6) is 0.0574. The molecule has 0 aromatic rings. The van der Waals surface area contributed by atoms with Crippen LogP contribution in [-0.2, 0) is 18.7 Å². The Labute approximate surface area is 127 Å². The summed E-state index contributed by atoms with van der Waals surface area (Å²) >= 11 is 6.00. The Morgan fingerprint density at radius 2 is 1.56 bits per heavy atom. The van der Waals surface area contributed by atoms with Crippen molar-refractivity contribution < 1.29 is 18.7 Å². The van der Waals surface area contributed by atoms with Crippen LogP contribution in [0.2, 0.25) is 0 Å². The molecule has 0 rings (SSSR count). The van der Waals surface area contributed by atoms with Crippen molar-refractivity contribution in [3.8, 4) is 0 Å². The van der Waals surface area contributed by atoms with Crippen LogP contribution in [-0.4, -0.2) is 32.0 Å². The van der Waals surface area contributed by atoms with E-state index in [1.54, 1.807) is 13.0 Å². The van der Waals surface area contributed by atoms with Crippen molar-refractivity contribution in [3.63, 3.8) is 0 Å². The SMILES string of the molecule is CC(=O)/C=C(/C)NCCN.NCCN.[CH2-]C.[Co+][Br]. The van der Waals surface area contributed by atoms with E-state index in [-0.39, 0.29) is 5.78 Å². The predicted molar refractivity (Wildman–Crippen MR) is 79.6 cm³/mol. The first-order chi connectivity index (χ1) is 8.58. The van der Waals surface area contributed by atoms with E-state index in [2.05, 4.69) is 40.4 Å². The molecule has 0 aliphatic rings. The van der Waals surface area contributed by atoms with Crippen LogP contribution in [0.15, 0.2) is 11.8 Å². The summed E-state index contributed by atoms with van der Waals surface area (Å²) in [6.45, 7) is 10.9. The van der Waals surface area contributed by atoms with Crippen LogP contribution in [0.5, 0.6) is 0 Å². The number of carbonyl (C=O) groups is 1. The second kappa shape index (κ2) is 30.3. The molecule has 7 N–H and O–H groups in total. The monoisotopic (exact) mass is 369 g/mol. The summed E-state index contributed by atoms with van der Waals surface area (Å²) < 4.78 is 0. The molecule has 0 bridgehead atoms. The zero-order valence-electron chi connectivity index (χ0n) is 11.5. The molecule has 0 saturated carbocycles. The van der Waals surface area contributed by atoms with Gasteiger partial charge in [0.05, 0.1) is 0 Å². The van der Waals surface area contributed by atoms with Crippen molar-refractivity contribution in [1.82, 2.24) is 5.32 Å². The number of halogens is 1. The van der Waals surface area contributed by atoms with E-state index < -0.39 is 0 Å². The normalized spacial score (nSPS) is 8.61. The summed E-state index contributed by atoms with van der Waals surface area (Å²) in [5.41, 5.74) is 15.9. The van der Waals surface area contributed by atoms with Crippen molar-refractivity contribution in [2.75, 3.05) is 26.2 Å². The fourth-order valence-corrected chi connectivity index (χ4v) is 0.625. The van der Waals surface area contributed by atoms with Crippen molar-refractivity contribution in [2.45, 2.75) is 20.8 Å². The maximum absolute atomic E-state index is 10.5. The maximum atomic E-state index is 10.5. The molecule has 0 heterocycles. The van der Waals surface area contributed by atoms with Gasteiger partial charge in [-0.15, -0.1) is 0 Å². The third-order valence-corrected chi connectivity index (χ3v) is 1.13. The third kappa shape index (κ3) is 44.4. The zero-order valence-corrected chi connectivity index (χ0v) is 14.1. The van der Waals surface area contributed by atoms with Gasteiger partial charge in [0.1, 0.15) is 0 Å². The minimum atomic E-state index is 0.0574. The van der Waals surface area contributed by atoms with Gasteiger partial charge in [0.15, 0.2) is 5.78 Å². The second-order valence-corrected chi connectivity index (χ2v) is 2.73. The van der Waals surface area contributed by atoms with Gasteiger partial charge in [-0.2, -0.15) is 6.92 Å². The van der Waals surface area contributed by atoms with Gasteiger partial charge in [0.2, 0.25) is 0 Å². The Kier molecular flexibility index (Phi) is 44.7. The predicted octanol–water partition coefficient (Wildman–Crippen LogP) is 0.615. The molecule has 7 heteroatoms. The van der Waals surface area contributed by atoms with Gasteiger partial charge >= 0.3 is 28.1 Å². The molecule has 5 nitrogen and oxygen atoms in total. The molecule has 0 amide bonds. The standard InChI is InChI=1S/C7H14N2O.C2H8N2.C2H5.BrH.Co/c1-6(5-7(2)10)9-4-3-8;3-1-2-4;1-2;;/h5,9H,3-4,8H2,1-2H3;1-4H2;1H2,2H3;1H;/q;;-1;;+2/p-1/b6-5-;;;;. The van der Waals surface area contributed by atoms with E-state index in [1.807, 2.05) is 6.92 Å². The van der Waals surface area contributed by atoms with Gasteiger partial charge < -0.3 is 29.4 Å². The topological polar surface area (TPSA) is 107 Å². The molecule has 0 radical (unpaired) electrons. The molecular formula is C11H27BrCoN4O. The quantitative estimate of drug-likeness (QED) is 0.419. The first-order valence-electron chi connectivity index (χ1n) is 5.44. The number of carbonyl (C=O) groups excluding carboxylic acids is 1. The van der Waals surface area contributed by atoms with Gasteiger partial charge in [-0.05, 0) is 19.9 Å². The number of hydrogen-bond acceptors (Lipinski definition) is 5. The molecule has 0 unspecified atom stereocenters. The summed E-state index contributed by atoms with van der Waals surface area (Å²) in [6.07, 6.45) is 1.55. The Morgan fingerprint density at radius 3 is 1.78 bits per heavy atom. The molecule has 0 aliphatic carbocycles. The minimum absolute atomic E-state index is 0.0574. The molecule has 0 saturated heterocycles. The molecule has 0 aromatic carbocycles. The Morgan fingerprint density at radius 1 is 1.17 bits per heavy atom. The van der Waals surface area contributed by atoms with Crippen molar-refractivity contribution >= 4 is 20.0 Å². The Balaban J connectivity index is -0.000000102. The van der Waals surface area contributed by atoms with Gasteiger partial charge in [-0.3, -0.25) is 4.79 Å². The van der Waals surface area contributed by atoms with Crippen molar-refractivity contribution in [3.05, 3.63) is 18.7 Å². The van der Waals surface area contributed by atoms with Gasteiger partial charge in [-0.1, -0.05) is 0 Å². The second-order valence-electron chi connectivity index (χ2n) is 2.73. The van der Waals surface area contributed by atoms with Crippen LogP contribution in [0.25, 0.3) is 0 Å². The Bertz CT molecular complexity index is 178. The molecule has 0 aromatic heterocycles. The fraction of sp³-hybridized carbons (Fsp3) is 0.636. The van der Waals surface area contributed by atoms with Crippen LogP contribution in [0.3, 0.4) is 0 Å². The van der Waals surface area contributed by atoms with E-state index >= 15 is 0 Å². The Hall–Kier alpha value is 0.0765. The van der Waals surface area contributed by atoms with Gasteiger partial charge in [-0.25, -0.2) is 0 Å². The third-order valence-electron chi connectivity index (χ3n) is 1.13. The number of ketones is 1. The van der Waals surface area contributed by atoms with E-state index in [4.69, 9.17) is 17.2 Å². The molecule has 18 heavy (non-hydrogen) atoms. The molecule has 0 fully saturated rings. The zero-order chi connectivity index (χ0) is 15.4. The first-order valence-corrected chi connectivity index (χ1v) is 8.02. The van der Waals surface area contributed by atoms with Crippen molar-refractivity contribution in [1.29, 1.82) is 0 Å². The number of rotatable bonds is 5. The average molecular weight is 370 g/mol. The number of nitrogens with two attached hydrogens (primary N) is 3. The molecule has 0 spiro atoms. The van der Waals surface area contributed by atoms with E-state index in [1.165, 1.54) is 6.92 Å². The van der Waals surface area contributed by atoms with Gasteiger partial charge in [0.25, 0.3) is 0 Å². The van der Waals surface area contributed by atoms with Crippen molar-refractivity contribution in [2.24, 2.45) is 17.2 Å². The van der Waals surface area contributed by atoms with Crippen LogP contribution >= 0.6 is 14.2 Å². The van der Waals surface area contributed by atoms with E-state index in [9.17, 15) is 4.79 Å². The number of nitrogens with one attached hydrogen (secondary N) is 1. The summed E-state index contributed by atoms with van der Waals surface area (Å²) in [5, 5.41) is 2.98. The van der Waals surface area contributed by atoms with Crippen LogP contribution < -0.4 is 22.5 Å². The van der Waals surface area contributed by atoms with Crippen LogP contribution in [0.1, 0.15) is 20.8 Å². The summed E-state index contributed by atoms with van der Waals surface area (Å²) in [7, 11) is 0. The molecule has 0 aliphatic heterocycles. The van der Waals surface area contributed by atoms with E-state index in [0.29, 0.717) is 19.6 Å². The number of hydrogen-bond donors (Lipinski definition) is 4. The molecule has 113 valence electrons. The van der Waals surface area contributed by atoms with E-state index in [0.717, 1.165) is 12.2 Å². The van der Waals surface area contributed by atoms with Crippen LogP contribution in [0.4, 0.5) is 0 Å². The number of allylic oxidation sites excluding steroid dienone is 2.